The molecule has 0 aliphatic rings. The van der Waals surface area contributed by atoms with Crippen LogP contribution in [-0.2, 0) is 18.1 Å². The van der Waals surface area contributed by atoms with Crippen molar-refractivity contribution < 1.29 is 22.7 Å². The van der Waals surface area contributed by atoms with Crippen molar-refractivity contribution >= 4 is 17.4 Å². The number of aryl methyl sites for hydroxylation is 1. The number of unbranched alkanes of at least 4 members (excludes halogenated alkanes) is 1. The van der Waals surface area contributed by atoms with Gasteiger partial charge in [0.2, 0.25) is 0 Å². The number of aromatic nitrogens is 1. The van der Waals surface area contributed by atoms with Gasteiger partial charge in [0, 0.05) is 23.7 Å². The van der Waals surface area contributed by atoms with Crippen LogP contribution in [0.3, 0.4) is 0 Å². The van der Waals surface area contributed by atoms with Crippen LogP contribution < -0.4 is 9.41 Å². The minimum Gasteiger partial charge on any atom is -0.496 e. The van der Waals surface area contributed by atoms with Crippen molar-refractivity contribution in [2.45, 2.75) is 51.7 Å². The maximum atomic E-state index is 13.1. The lowest BCUT2D eigenvalue weighted by Gasteiger charge is -2.19. The molecule has 1 heterocycles. The Morgan fingerprint density at radius 1 is 1.31 bits per heavy atom. The Morgan fingerprint density at radius 3 is 2.55 bits per heavy atom. The highest BCUT2D eigenvalue weighted by Crippen LogP contribution is 2.32. The number of hydrogen-bond acceptors (Lipinski definition) is 4. The van der Waals surface area contributed by atoms with Gasteiger partial charge in [0.15, 0.2) is 0 Å². The van der Waals surface area contributed by atoms with E-state index in [1.165, 1.54) is 18.6 Å². The summed E-state index contributed by atoms with van der Waals surface area (Å²) in [7, 11) is 1.28. The number of amides is 1. The monoisotopic (exact) mass is 425 g/mol. The molecule has 0 fully saturated rings. The van der Waals surface area contributed by atoms with E-state index in [4.69, 9.17) is 10.00 Å². The molecule has 0 bridgehead atoms. The molecule has 0 N–H and O–H groups in total. The average Bonchev–Trinajstić information content (AvgIpc) is 3.03. The fourth-order valence-electron chi connectivity index (χ4n) is 2.53. The van der Waals surface area contributed by atoms with E-state index in [-0.39, 0.29) is 16.9 Å². The Hall–Kier alpha value is -2.60. The van der Waals surface area contributed by atoms with E-state index in [9.17, 15) is 18.0 Å². The van der Waals surface area contributed by atoms with Crippen LogP contribution in [0.15, 0.2) is 29.4 Å². The molecule has 5 nitrogen and oxygen atoms in total. The van der Waals surface area contributed by atoms with Crippen LogP contribution in [0.5, 0.6) is 5.75 Å². The smallest absolute Gasteiger partial charge is 0.416 e. The van der Waals surface area contributed by atoms with Gasteiger partial charge in [-0.3, -0.25) is 8.75 Å². The lowest BCUT2D eigenvalue weighted by molar-refractivity contribution is -0.137. The summed E-state index contributed by atoms with van der Waals surface area (Å²) >= 11 is 1.25. The topological polar surface area (TPSA) is 67.4 Å². The van der Waals surface area contributed by atoms with Gasteiger partial charge >= 0.3 is 6.18 Å². The van der Waals surface area contributed by atoms with Gasteiger partial charge < -0.3 is 4.74 Å². The summed E-state index contributed by atoms with van der Waals surface area (Å²) in [6.07, 6.45) is -1.21. The van der Waals surface area contributed by atoms with E-state index in [0.29, 0.717) is 23.9 Å². The summed E-state index contributed by atoms with van der Waals surface area (Å²) in [5, 5.41) is 8.76. The SMILES string of the molecule is COc1ccc(C(F)(F)F)cc1C(=O)/N=c1\sn(C(C)(C)C)cc1CCCC#N. The fraction of sp³-hybridized carbons (Fsp3) is 0.450. The standard InChI is InChI=1S/C20H22F3N3O2S/c1-19(2,3)26-12-13(7-5-6-10-24)18(29-26)25-17(27)15-11-14(20(21,22)23)8-9-16(15)28-4/h8-9,11-12H,5-7H2,1-4H3/b25-18-. The largest absolute Gasteiger partial charge is 0.496 e. The molecule has 0 aliphatic carbocycles. The molecule has 0 spiro atoms. The first-order chi connectivity index (χ1) is 13.5. The molecule has 0 saturated heterocycles. The molecular formula is C20H22F3N3O2S. The minimum absolute atomic E-state index is 0.0260. The lowest BCUT2D eigenvalue weighted by atomic mass is 10.1. The molecule has 2 rings (SSSR count). The second-order valence-electron chi connectivity index (χ2n) is 7.39. The van der Waals surface area contributed by atoms with Gasteiger partial charge in [0.05, 0.1) is 24.3 Å². The number of rotatable bonds is 5. The molecule has 0 atom stereocenters. The number of methoxy groups -OCH3 is 1. The molecule has 1 amide bonds. The number of benzene rings is 1. The lowest BCUT2D eigenvalue weighted by Crippen LogP contribution is -2.18. The van der Waals surface area contributed by atoms with E-state index in [0.717, 1.165) is 23.8 Å². The average molecular weight is 425 g/mol. The quantitative estimate of drug-likeness (QED) is 0.639. The van der Waals surface area contributed by atoms with Crippen LogP contribution in [-0.4, -0.2) is 17.0 Å². The number of carbonyl (C=O) groups is 1. The zero-order chi connectivity index (χ0) is 21.8. The van der Waals surface area contributed by atoms with Crippen LogP contribution >= 0.6 is 11.5 Å². The van der Waals surface area contributed by atoms with E-state index < -0.39 is 17.6 Å². The van der Waals surface area contributed by atoms with Gasteiger partial charge in [-0.05, 0) is 63.3 Å². The first-order valence-electron chi connectivity index (χ1n) is 8.91. The molecule has 1 aromatic carbocycles. The summed E-state index contributed by atoms with van der Waals surface area (Å²) in [6.45, 7) is 5.97. The van der Waals surface area contributed by atoms with Gasteiger partial charge in [0.1, 0.15) is 10.4 Å². The van der Waals surface area contributed by atoms with E-state index >= 15 is 0 Å². The third-order valence-corrected chi connectivity index (χ3v) is 5.47. The Kier molecular flexibility index (Phi) is 6.90. The van der Waals surface area contributed by atoms with Crippen LogP contribution in [0, 0.1) is 11.3 Å². The van der Waals surface area contributed by atoms with Crippen LogP contribution in [0.4, 0.5) is 13.2 Å². The molecule has 156 valence electrons. The Bertz CT molecular complexity index is 992. The number of carbonyl (C=O) groups excluding carboxylic acids is 1. The maximum Gasteiger partial charge on any atom is 0.416 e. The van der Waals surface area contributed by atoms with Gasteiger partial charge in [0.25, 0.3) is 5.91 Å². The molecule has 0 saturated carbocycles. The fourth-order valence-corrected chi connectivity index (χ4v) is 3.57. The van der Waals surface area contributed by atoms with Gasteiger partial charge in [-0.2, -0.15) is 23.4 Å². The van der Waals surface area contributed by atoms with Crippen molar-refractivity contribution in [1.82, 2.24) is 3.96 Å². The first-order valence-corrected chi connectivity index (χ1v) is 9.68. The van der Waals surface area contributed by atoms with Crippen LogP contribution in [0.25, 0.3) is 0 Å². The predicted molar refractivity (Wildman–Crippen MR) is 104 cm³/mol. The van der Waals surface area contributed by atoms with Crippen molar-refractivity contribution in [2.24, 2.45) is 4.99 Å². The molecule has 0 unspecified atom stereocenters. The highest BCUT2D eigenvalue weighted by atomic mass is 32.1. The second-order valence-corrected chi connectivity index (χ2v) is 8.35. The Morgan fingerprint density at radius 2 is 2.00 bits per heavy atom. The number of alkyl halides is 3. The molecule has 9 heteroatoms. The van der Waals surface area contributed by atoms with Crippen LogP contribution in [0.2, 0.25) is 0 Å². The summed E-state index contributed by atoms with van der Waals surface area (Å²) in [5.41, 5.74) is -0.665. The van der Waals surface area contributed by atoms with Crippen molar-refractivity contribution in [3.05, 3.63) is 45.8 Å². The summed E-state index contributed by atoms with van der Waals surface area (Å²) in [6, 6.07) is 4.80. The van der Waals surface area contributed by atoms with Gasteiger partial charge in [-0.15, -0.1) is 0 Å². The van der Waals surface area contributed by atoms with Crippen molar-refractivity contribution in [3.8, 4) is 11.8 Å². The predicted octanol–water partition coefficient (Wildman–Crippen LogP) is 4.92. The van der Waals surface area contributed by atoms with E-state index in [2.05, 4.69) is 11.1 Å². The Labute approximate surface area is 171 Å². The summed E-state index contributed by atoms with van der Waals surface area (Å²) < 4.78 is 46.6. The van der Waals surface area contributed by atoms with E-state index in [1.807, 2.05) is 30.9 Å². The third-order valence-electron chi connectivity index (χ3n) is 4.09. The highest BCUT2D eigenvalue weighted by Gasteiger charge is 2.32. The zero-order valence-electron chi connectivity index (χ0n) is 16.6. The Balaban J connectivity index is 2.54. The molecule has 2 aromatic rings. The van der Waals surface area contributed by atoms with Crippen LogP contribution in [0.1, 0.15) is 55.1 Å². The molecule has 0 radical (unpaired) electrons. The number of hydrogen-bond donors (Lipinski definition) is 0. The van der Waals surface area contributed by atoms with Crippen molar-refractivity contribution in [2.75, 3.05) is 7.11 Å². The maximum absolute atomic E-state index is 13.1. The molecule has 29 heavy (non-hydrogen) atoms. The number of ether oxygens (including phenoxy) is 1. The highest BCUT2D eigenvalue weighted by molar-refractivity contribution is 7.04. The number of halogens is 3. The number of nitriles is 1. The molecular weight excluding hydrogens is 403 g/mol. The van der Waals surface area contributed by atoms with Crippen molar-refractivity contribution in [1.29, 1.82) is 5.26 Å². The zero-order valence-corrected chi connectivity index (χ0v) is 17.4. The third kappa shape index (κ3) is 5.70. The molecule has 0 aliphatic heterocycles. The number of nitrogens with zero attached hydrogens (tertiary/aromatic N) is 3. The van der Waals surface area contributed by atoms with Crippen molar-refractivity contribution in [3.63, 3.8) is 0 Å². The normalized spacial score (nSPS) is 12.7. The summed E-state index contributed by atoms with van der Waals surface area (Å²) in [5.74, 6) is -0.782. The summed E-state index contributed by atoms with van der Waals surface area (Å²) in [4.78, 5) is 16.8. The molecule has 1 aromatic heterocycles. The second kappa shape index (κ2) is 8.82. The van der Waals surface area contributed by atoms with E-state index in [1.54, 1.807) is 0 Å². The van der Waals surface area contributed by atoms with Gasteiger partial charge in [-0.1, -0.05) is 0 Å². The first kappa shape index (κ1) is 22.7. The van der Waals surface area contributed by atoms with Gasteiger partial charge in [-0.25, -0.2) is 0 Å². The minimum atomic E-state index is -4.58.